The number of hydrogen-bond acceptors (Lipinski definition) is 6. The maximum absolute atomic E-state index is 12.7. The summed E-state index contributed by atoms with van der Waals surface area (Å²) in [5.74, 6) is 7.23. The molecule has 0 radical (unpaired) electrons. The van der Waals surface area contributed by atoms with E-state index >= 15 is 0 Å². The number of nitrogens with one attached hydrogen (secondary N) is 1. The number of rotatable bonds is 5. The van der Waals surface area contributed by atoms with Gasteiger partial charge in [0.1, 0.15) is 11.6 Å². The molecule has 8 nitrogen and oxygen atoms in total. The Morgan fingerprint density at radius 3 is 2.59 bits per heavy atom. The van der Waals surface area contributed by atoms with Crippen LogP contribution >= 0.6 is 0 Å². The van der Waals surface area contributed by atoms with Crippen molar-refractivity contribution >= 4 is 24.3 Å². The quantitative estimate of drug-likeness (QED) is 0.282. The first-order valence-electron chi connectivity index (χ1n) is 10.3. The summed E-state index contributed by atoms with van der Waals surface area (Å²) in [5, 5.41) is 4.00. The zero-order valence-corrected chi connectivity index (χ0v) is 18.2. The van der Waals surface area contributed by atoms with Gasteiger partial charge in [0.05, 0.1) is 6.54 Å². The van der Waals surface area contributed by atoms with Gasteiger partial charge < -0.3 is 0 Å². The van der Waals surface area contributed by atoms with E-state index in [4.69, 9.17) is 5.84 Å². The molecule has 1 amide bonds. The summed E-state index contributed by atoms with van der Waals surface area (Å²) >= 11 is 0. The van der Waals surface area contributed by atoms with Crippen LogP contribution in [0.1, 0.15) is 34.6 Å². The van der Waals surface area contributed by atoms with Crippen LogP contribution < -0.4 is 16.3 Å². The van der Waals surface area contributed by atoms with E-state index in [9.17, 15) is 4.79 Å². The molecule has 32 heavy (non-hydrogen) atoms. The lowest BCUT2D eigenvalue weighted by Gasteiger charge is -2.29. The van der Waals surface area contributed by atoms with Crippen molar-refractivity contribution in [2.24, 2.45) is 15.9 Å². The number of carbonyl (C=O) groups is 1. The van der Waals surface area contributed by atoms with Gasteiger partial charge in [0.2, 0.25) is 5.91 Å². The van der Waals surface area contributed by atoms with E-state index in [2.05, 4.69) is 32.3 Å². The summed E-state index contributed by atoms with van der Waals surface area (Å²) in [7, 11) is 0. The molecule has 0 spiro atoms. The number of amidine groups is 1. The summed E-state index contributed by atoms with van der Waals surface area (Å²) in [6.07, 6.45) is 1.16. The van der Waals surface area contributed by atoms with Crippen LogP contribution in [-0.2, 0) is 17.8 Å². The average Bonchev–Trinajstić information content (AvgIpc) is 2.80. The molecule has 0 atom stereocenters. The molecule has 2 aromatic carbocycles. The SMILES string of the molecule is C=N/C(=N\NN)c1ccccc1-c1ccc(CN2C(=O)CCc3c(C)nc(C)nc32)cc1. The molecule has 0 saturated carbocycles. The average molecular weight is 428 g/mol. The van der Waals surface area contributed by atoms with Gasteiger partial charge >= 0.3 is 0 Å². The molecule has 1 aliphatic rings. The molecule has 3 aromatic rings. The van der Waals surface area contributed by atoms with Crippen LogP contribution in [0.5, 0.6) is 0 Å². The number of carbonyl (C=O) groups excluding carboxylic acids is 1. The number of nitrogens with zero attached hydrogens (tertiary/aromatic N) is 5. The molecule has 1 aliphatic heterocycles. The van der Waals surface area contributed by atoms with Crippen molar-refractivity contribution in [2.45, 2.75) is 33.2 Å². The highest BCUT2D eigenvalue weighted by molar-refractivity contribution is 6.06. The van der Waals surface area contributed by atoms with Crippen molar-refractivity contribution in [1.29, 1.82) is 0 Å². The summed E-state index contributed by atoms with van der Waals surface area (Å²) in [6.45, 7) is 7.87. The van der Waals surface area contributed by atoms with Gasteiger partial charge in [-0.25, -0.2) is 26.3 Å². The van der Waals surface area contributed by atoms with Gasteiger partial charge in [-0.1, -0.05) is 48.5 Å². The molecular weight excluding hydrogens is 402 g/mol. The Hall–Kier alpha value is -3.91. The molecule has 1 aromatic heterocycles. The maximum atomic E-state index is 12.7. The predicted octanol–water partition coefficient (Wildman–Crippen LogP) is 3.07. The van der Waals surface area contributed by atoms with Gasteiger partial charge in [0.25, 0.3) is 0 Å². The maximum Gasteiger partial charge on any atom is 0.228 e. The zero-order valence-electron chi connectivity index (χ0n) is 18.2. The van der Waals surface area contributed by atoms with Crippen LogP contribution in [0.2, 0.25) is 0 Å². The molecule has 0 unspecified atom stereocenters. The van der Waals surface area contributed by atoms with E-state index in [0.29, 0.717) is 31.0 Å². The first-order valence-corrected chi connectivity index (χ1v) is 10.3. The summed E-state index contributed by atoms with van der Waals surface area (Å²) in [4.78, 5) is 27.5. The second-order valence-electron chi connectivity index (χ2n) is 7.60. The lowest BCUT2D eigenvalue weighted by atomic mass is 9.97. The number of aliphatic imine (C=N–C) groups is 1. The number of fused-ring (bicyclic) bond motifs is 1. The van der Waals surface area contributed by atoms with Gasteiger partial charge in [-0.05, 0) is 43.7 Å². The van der Waals surface area contributed by atoms with E-state index in [1.165, 1.54) is 0 Å². The minimum atomic E-state index is 0.0802. The van der Waals surface area contributed by atoms with Gasteiger partial charge in [-0.15, -0.1) is 5.10 Å². The second kappa shape index (κ2) is 9.07. The normalized spacial score (nSPS) is 13.7. The van der Waals surface area contributed by atoms with Gasteiger partial charge in [0.15, 0.2) is 5.84 Å². The van der Waals surface area contributed by atoms with Gasteiger partial charge in [-0.2, -0.15) is 0 Å². The van der Waals surface area contributed by atoms with E-state index in [1.54, 1.807) is 4.90 Å². The number of hydrazine groups is 1. The van der Waals surface area contributed by atoms with Gasteiger partial charge in [-0.3, -0.25) is 9.69 Å². The van der Waals surface area contributed by atoms with E-state index in [1.807, 2.05) is 62.4 Å². The Bertz CT molecular complexity index is 1200. The number of aryl methyl sites for hydroxylation is 2. The van der Waals surface area contributed by atoms with Crippen molar-refractivity contribution in [3.63, 3.8) is 0 Å². The Balaban J connectivity index is 1.64. The fraction of sp³-hybridized carbons (Fsp3) is 0.208. The molecular formula is C24H25N7O. The monoisotopic (exact) mass is 427 g/mol. The van der Waals surface area contributed by atoms with Crippen LogP contribution in [0.25, 0.3) is 11.1 Å². The third-order valence-corrected chi connectivity index (χ3v) is 5.54. The smallest absolute Gasteiger partial charge is 0.228 e. The fourth-order valence-electron chi connectivity index (χ4n) is 4.03. The zero-order chi connectivity index (χ0) is 22.7. The highest BCUT2D eigenvalue weighted by atomic mass is 16.2. The molecule has 162 valence electrons. The number of hydrazone groups is 1. The predicted molar refractivity (Wildman–Crippen MR) is 126 cm³/mol. The first-order chi connectivity index (χ1) is 15.5. The number of amides is 1. The summed E-state index contributed by atoms with van der Waals surface area (Å²) in [6, 6.07) is 15.9. The van der Waals surface area contributed by atoms with Crippen molar-refractivity contribution in [3.8, 4) is 11.1 Å². The molecule has 8 heteroatoms. The van der Waals surface area contributed by atoms with Crippen LogP contribution in [0.4, 0.5) is 5.82 Å². The summed E-state index contributed by atoms with van der Waals surface area (Å²) in [5.41, 5.74) is 8.06. The van der Waals surface area contributed by atoms with Crippen molar-refractivity contribution < 1.29 is 4.79 Å². The number of benzene rings is 2. The molecule has 0 aliphatic carbocycles. The minimum Gasteiger partial charge on any atom is -0.292 e. The van der Waals surface area contributed by atoms with Crippen LogP contribution in [0, 0.1) is 13.8 Å². The highest BCUT2D eigenvalue weighted by Crippen LogP contribution is 2.30. The van der Waals surface area contributed by atoms with Gasteiger partial charge in [0, 0.05) is 23.2 Å². The molecule has 0 fully saturated rings. The molecule has 0 saturated heterocycles. The minimum absolute atomic E-state index is 0.0802. The lowest BCUT2D eigenvalue weighted by Crippen LogP contribution is -2.36. The molecule has 3 N–H and O–H groups in total. The number of hydrogen-bond donors (Lipinski definition) is 2. The Morgan fingerprint density at radius 1 is 1.12 bits per heavy atom. The van der Waals surface area contributed by atoms with E-state index in [-0.39, 0.29) is 5.91 Å². The van der Waals surface area contributed by atoms with Crippen LogP contribution in [-0.4, -0.2) is 28.4 Å². The molecule has 4 rings (SSSR count). The Labute approximate surface area is 186 Å². The van der Waals surface area contributed by atoms with Crippen LogP contribution in [0.15, 0.2) is 58.6 Å². The van der Waals surface area contributed by atoms with Crippen LogP contribution in [0.3, 0.4) is 0 Å². The van der Waals surface area contributed by atoms with Crippen molar-refractivity contribution in [3.05, 3.63) is 76.7 Å². The van der Waals surface area contributed by atoms with Crippen molar-refractivity contribution in [1.82, 2.24) is 15.5 Å². The lowest BCUT2D eigenvalue weighted by molar-refractivity contribution is -0.119. The Kier molecular flexibility index (Phi) is 6.04. The number of nitrogens with two attached hydrogens (primary N) is 1. The number of anilines is 1. The molecule has 0 bridgehead atoms. The first kappa shape index (κ1) is 21.3. The third kappa shape index (κ3) is 4.13. The fourth-order valence-corrected chi connectivity index (χ4v) is 4.03. The third-order valence-electron chi connectivity index (χ3n) is 5.54. The topological polar surface area (TPSA) is 109 Å². The summed E-state index contributed by atoms with van der Waals surface area (Å²) < 4.78 is 0. The van der Waals surface area contributed by atoms with Crippen molar-refractivity contribution in [2.75, 3.05) is 4.90 Å². The highest BCUT2D eigenvalue weighted by Gasteiger charge is 2.27. The molecule has 2 heterocycles. The standard InChI is InChI=1S/C24H25N7O/c1-15-19-12-13-22(32)31(24(19)28-16(2)27-15)14-17-8-10-18(11-9-17)20-6-4-5-7-21(20)23(26-3)29-30-25/h4-11,30H,3,12-14,25H2,1-2H3/b29-23-. The Morgan fingerprint density at radius 2 is 1.88 bits per heavy atom. The van der Waals surface area contributed by atoms with E-state index < -0.39 is 0 Å². The largest absolute Gasteiger partial charge is 0.292 e. The number of aromatic nitrogens is 2. The van der Waals surface area contributed by atoms with E-state index in [0.717, 1.165) is 39.3 Å². The second-order valence-corrected chi connectivity index (χ2v) is 7.60.